The number of aryl methyl sites for hydroxylation is 1. The maximum absolute atomic E-state index is 13.6. The van der Waals surface area contributed by atoms with Gasteiger partial charge in [-0.3, -0.25) is 4.79 Å². The summed E-state index contributed by atoms with van der Waals surface area (Å²) in [5.41, 5.74) is 1.08. The van der Waals surface area contributed by atoms with Crippen LogP contribution < -0.4 is 5.32 Å². The summed E-state index contributed by atoms with van der Waals surface area (Å²) < 4.78 is 41.3. The van der Waals surface area contributed by atoms with E-state index in [9.17, 15) is 18.0 Å². The summed E-state index contributed by atoms with van der Waals surface area (Å²) in [6, 6.07) is 8.99. The Labute approximate surface area is 129 Å². The molecule has 0 aliphatic heterocycles. The molecule has 0 fully saturated rings. The van der Waals surface area contributed by atoms with Crippen LogP contribution in [0.3, 0.4) is 0 Å². The Morgan fingerprint density at radius 1 is 1.13 bits per heavy atom. The van der Waals surface area contributed by atoms with E-state index in [0.29, 0.717) is 5.82 Å². The molecule has 0 atom stereocenters. The number of hydrogen-bond acceptors (Lipinski definition) is 2. The van der Waals surface area contributed by atoms with E-state index in [4.69, 9.17) is 0 Å². The maximum Gasteiger partial charge on any atom is 0.244 e. The average Bonchev–Trinajstić information content (AvgIpc) is 2.84. The molecule has 0 unspecified atom stereocenters. The van der Waals surface area contributed by atoms with Gasteiger partial charge in [0.1, 0.15) is 12.4 Å². The van der Waals surface area contributed by atoms with Crippen LogP contribution >= 0.6 is 0 Å². The number of fused-ring (bicyclic) bond motifs is 1. The summed E-state index contributed by atoms with van der Waals surface area (Å²) in [6.07, 6.45) is 0. The lowest BCUT2D eigenvalue weighted by Crippen LogP contribution is -2.20. The second-order valence-electron chi connectivity index (χ2n) is 5.00. The van der Waals surface area contributed by atoms with Gasteiger partial charge in [0.05, 0.1) is 16.7 Å². The van der Waals surface area contributed by atoms with E-state index in [1.165, 1.54) is 0 Å². The molecule has 7 heteroatoms. The number of hydrogen-bond donors (Lipinski definition) is 1. The molecule has 1 aromatic heterocycles. The molecule has 0 saturated heterocycles. The first kappa shape index (κ1) is 15.1. The highest BCUT2D eigenvalue weighted by Crippen LogP contribution is 2.20. The predicted molar refractivity (Wildman–Crippen MR) is 79.4 cm³/mol. The van der Waals surface area contributed by atoms with Gasteiger partial charge in [0.15, 0.2) is 17.5 Å². The first-order valence-electron chi connectivity index (χ1n) is 6.82. The molecule has 1 N–H and O–H groups in total. The van der Waals surface area contributed by atoms with E-state index in [1.807, 2.05) is 18.2 Å². The van der Waals surface area contributed by atoms with Gasteiger partial charge < -0.3 is 9.88 Å². The van der Waals surface area contributed by atoms with Crippen LogP contribution in [-0.4, -0.2) is 15.5 Å². The van der Waals surface area contributed by atoms with Crippen LogP contribution in [-0.2, 0) is 11.3 Å². The fourth-order valence-electron chi connectivity index (χ4n) is 2.35. The fraction of sp³-hybridized carbons (Fsp3) is 0.125. The van der Waals surface area contributed by atoms with Crippen LogP contribution in [0, 0.1) is 24.4 Å². The second-order valence-corrected chi connectivity index (χ2v) is 5.00. The van der Waals surface area contributed by atoms with Crippen molar-refractivity contribution in [1.82, 2.24) is 9.55 Å². The SMILES string of the molecule is Cc1nc2ccccc2n1CC(=O)Nc1ccc(F)c(F)c1F. The van der Waals surface area contributed by atoms with Crippen molar-refractivity contribution >= 4 is 22.6 Å². The van der Waals surface area contributed by atoms with Gasteiger partial charge in [-0.1, -0.05) is 12.1 Å². The second kappa shape index (κ2) is 5.75. The normalized spacial score (nSPS) is 11.0. The standard InChI is InChI=1S/C16H12F3N3O/c1-9-20-11-4-2-3-5-13(11)22(9)8-14(23)21-12-7-6-10(17)15(18)16(12)19/h2-7H,8H2,1H3,(H,21,23). The zero-order valence-electron chi connectivity index (χ0n) is 12.1. The number of halogens is 3. The minimum atomic E-state index is -1.62. The summed E-state index contributed by atoms with van der Waals surface area (Å²) in [6.45, 7) is 1.62. The van der Waals surface area contributed by atoms with E-state index in [1.54, 1.807) is 17.6 Å². The van der Waals surface area contributed by atoms with E-state index >= 15 is 0 Å². The third-order valence-corrected chi connectivity index (χ3v) is 3.46. The number of nitrogens with zero attached hydrogens (tertiary/aromatic N) is 2. The molecule has 0 bridgehead atoms. The molecule has 3 rings (SSSR count). The quantitative estimate of drug-likeness (QED) is 0.752. The molecule has 0 saturated carbocycles. The van der Waals surface area contributed by atoms with Crippen molar-refractivity contribution in [3.63, 3.8) is 0 Å². The van der Waals surface area contributed by atoms with Crippen molar-refractivity contribution in [2.24, 2.45) is 0 Å². The van der Waals surface area contributed by atoms with Crippen molar-refractivity contribution in [3.05, 3.63) is 59.7 Å². The Morgan fingerprint density at radius 3 is 2.65 bits per heavy atom. The van der Waals surface area contributed by atoms with Gasteiger partial charge in [0.25, 0.3) is 0 Å². The number of rotatable bonds is 3. The molecule has 118 valence electrons. The van der Waals surface area contributed by atoms with Crippen molar-refractivity contribution in [2.45, 2.75) is 13.5 Å². The molecule has 0 spiro atoms. The fourth-order valence-corrected chi connectivity index (χ4v) is 2.35. The Hall–Kier alpha value is -2.83. The Kier molecular flexibility index (Phi) is 3.77. The first-order chi connectivity index (χ1) is 11.0. The molecule has 0 aliphatic carbocycles. The number of benzene rings is 2. The molecule has 0 aliphatic rings. The highest BCUT2D eigenvalue weighted by atomic mass is 19.2. The monoisotopic (exact) mass is 319 g/mol. The minimum absolute atomic E-state index is 0.120. The molecule has 1 heterocycles. The van der Waals surface area contributed by atoms with Gasteiger partial charge in [0.2, 0.25) is 5.91 Å². The Balaban J connectivity index is 1.85. The van der Waals surface area contributed by atoms with Crippen LogP contribution in [0.4, 0.5) is 18.9 Å². The van der Waals surface area contributed by atoms with E-state index in [0.717, 1.165) is 23.2 Å². The molecule has 3 aromatic rings. The molecule has 1 amide bonds. The summed E-state index contributed by atoms with van der Waals surface area (Å²) >= 11 is 0. The van der Waals surface area contributed by atoms with E-state index in [2.05, 4.69) is 10.3 Å². The lowest BCUT2D eigenvalue weighted by molar-refractivity contribution is -0.116. The molecule has 2 aromatic carbocycles. The van der Waals surface area contributed by atoms with Crippen molar-refractivity contribution < 1.29 is 18.0 Å². The number of amides is 1. The molecular formula is C16H12F3N3O. The maximum atomic E-state index is 13.6. The zero-order valence-corrected chi connectivity index (χ0v) is 12.1. The molecular weight excluding hydrogens is 307 g/mol. The Bertz CT molecular complexity index is 905. The third-order valence-electron chi connectivity index (χ3n) is 3.46. The van der Waals surface area contributed by atoms with Crippen LogP contribution in [0.2, 0.25) is 0 Å². The lowest BCUT2D eigenvalue weighted by atomic mass is 10.2. The average molecular weight is 319 g/mol. The predicted octanol–water partition coefficient (Wildman–Crippen LogP) is 3.40. The minimum Gasteiger partial charge on any atom is -0.322 e. The number of carbonyl (C=O) groups excluding carboxylic acids is 1. The van der Waals surface area contributed by atoms with Crippen molar-refractivity contribution in [3.8, 4) is 0 Å². The number of imidazole rings is 1. The zero-order chi connectivity index (χ0) is 16.6. The summed E-state index contributed by atoms with van der Waals surface area (Å²) in [5.74, 6) is -4.30. The first-order valence-corrected chi connectivity index (χ1v) is 6.82. The summed E-state index contributed by atoms with van der Waals surface area (Å²) in [5, 5.41) is 2.24. The number of nitrogens with one attached hydrogen (secondary N) is 1. The van der Waals surface area contributed by atoms with Crippen LogP contribution in [0.1, 0.15) is 5.82 Å². The topological polar surface area (TPSA) is 46.9 Å². The van der Waals surface area contributed by atoms with Crippen molar-refractivity contribution in [1.29, 1.82) is 0 Å². The van der Waals surface area contributed by atoms with Gasteiger partial charge in [-0.2, -0.15) is 0 Å². The van der Waals surface area contributed by atoms with Gasteiger partial charge >= 0.3 is 0 Å². The van der Waals surface area contributed by atoms with Gasteiger partial charge in [-0.05, 0) is 31.2 Å². The van der Waals surface area contributed by atoms with Crippen LogP contribution in [0.5, 0.6) is 0 Å². The number of aromatic nitrogens is 2. The van der Waals surface area contributed by atoms with Gasteiger partial charge in [-0.25, -0.2) is 18.2 Å². The molecule has 0 radical (unpaired) electrons. The molecule has 4 nitrogen and oxygen atoms in total. The summed E-state index contributed by atoms with van der Waals surface area (Å²) in [7, 11) is 0. The Morgan fingerprint density at radius 2 is 1.87 bits per heavy atom. The lowest BCUT2D eigenvalue weighted by Gasteiger charge is -2.09. The van der Waals surface area contributed by atoms with E-state index < -0.39 is 29.0 Å². The van der Waals surface area contributed by atoms with Gasteiger partial charge in [0, 0.05) is 0 Å². The third kappa shape index (κ3) is 2.77. The van der Waals surface area contributed by atoms with Crippen molar-refractivity contribution in [2.75, 3.05) is 5.32 Å². The largest absolute Gasteiger partial charge is 0.322 e. The number of para-hydroxylation sites is 2. The highest BCUT2D eigenvalue weighted by molar-refractivity contribution is 5.91. The van der Waals surface area contributed by atoms with Crippen LogP contribution in [0.15, 0.2) is 36.4 Å². The smallest absolute Gasteiger partial charge is 0.244 e. The molecule has 23 heavy (non-hydrogen) atoms. The summed E-state index contributed by atoms with van der Waals surface area (Å²) in [4.78, 5) is 16.4. The number of carbonyl (C=O) groups is 1. The highest BCUT2D eigenvalue weighted by Gasteiger charge is 2.16. The number of anilines is 1. The van der Waals surface area contributed by atoms with Crippen LogP contribution in [0.25, 0.3) is 11.0 Å². The van der Waals surface area contributed by atoms with Gasteiger partial charge in [-0.15, -0.1) is 0 Å². The van der Waals surface area contributed by atoms with E-state index in [-0.39, 0.29) is 6.54 Å².